The lowest BCUT2D eigenvalue weighted by Crippen LogP contribution is -2.09. The third-order valence-electron chi connectivity index (χ3n) is 2.13. The van der Waals surface area contributed by atoms with Gasteiger partial charge < -0.3 is 9.90 Å². The quantitative estimate of drug-likeness (QED) is 0.743. The van der Waals surface area contributed by atoms with Gasteiger partial charge in [-0.1, -0.05) is 6.07 Å². The number of hydrogen-bond donors (Lipinski definition) is 1. The number of carbonyl (C=O) groups is 2. The second-order valence-corrected chi connectivity index (χ2v) is 3.40. The molecule has 1 atom stereocenters. The Bertz CT molecular complexity index is 363. The van der Waals surface area contributed by atoms with Crippen LogP contribution in [0.25, 0.3) is 0 Å². The lowest BCUT2D eigenvalue weighted by atomic mass is 9.97. The number of carboxylic acid groups (broad SMARTS) is 1. The molecule has 0 amide bonds. The summed E-state index contributed by atoms with van der Waals surface area (Å²) < 4.78 is 0. The van der Waals surface area contributed by atoms with Crippen LogP contribution in [0.1, 0.15) is 30.1 Å². The number of aryl methyl sites for hydroxylation is 1. The highest BCUT2D eigenvalue weighted by Gasteiger charge is 2.16. The standard InChI is InChI=1S/C11H13NO3/c1-8-3-2-4-10(12-8)9(5-6-13)7-11(14)15/h2-4,6,9H,5,7H2,1H3,(H,14,15). The van der Waals surface area contributed by atoms with Gasteiger partial charge in [0.1, 0.15) is 6.29 Å². The Labute approximate surface area is 88.0 Å². The first kappa shape index (κ1) is 11.4. The van der Waals surface area contributed by atoms with E-state index in [1.54, 1.807) is 6.07 Å². The Morgan fingerprint density at radius 3 is 2.87 bits per heavy atom. The second-order valence-electron chi connectivity index (χ2n) is 3.40. The topological polar surface area (TPSA) is 67.3 Å². The zero-order valence-corrected chi connectivity index (χ0v) is 8.51. The third kappa shape index (κ3) is 3.50. The van der Waals surface area contributed by atoms with Crippen LogP contribution in [0.4, 0.5) is 0 Å². The van der Waals surface area contributed by atoms with Crippen molar-refractivity contribution in [2.45, 2.75) is 25.7 Å². The van der Waals surface area contributed by atoms with Gasteiger partial charge in [-0.2, -0.15) is 0 Å². The minimum absolute atomic E-state index is 0.0603. The van der Waals surface area contributed by atoms with Gasteiger partial charge in [-0.3, -0.25) is 9.78 Å². The van der Waals surface area contributed by atoms with Crippen molar-refractivity contribution in [2.24, 2.45) is 0 Å². The molecule has 1 unspecified atom stereocenters. The molecule has 1 rings (SSSR count). The Hall–Kier alpha value is -1.71. The Morgan fingerprint density at radius 1 is 1.60 bits per heavy atom. The number of rotatable bonds is 5. The number of aliphatic carboxylic acids is 1. The number of aldehydes is 1. The van der Waals surface area contributed by atoms with E-state index in [4.69, 9.17) is 5.11 Å². The van der Waals surface area contributed by atoms with Crippen LogP contribution in [0.3, 0.4) is 0 Å². The first-order valence-electron chi connectivity index (χ1n) is 4.72. The summed E-state index contributed by atoms with van der Waals surface area (Å²) in [5.74, 6) is -1.23. The summed E-state index contributed by atoms with van der Waals surface area (Å²) in [6.45, 7) is 1.84. The second kappa shape index (κ2) is 5.24. The summed E-state index contributed by atoms with van der Waals surface area (Å²) in [5, 5.41) is 8.70. The molecule has 1 N–H and O–H groups in total. The van der Waals surface area contributed by atoms with Gasteiger partial charge in [0.05, 0.1) is 6.42 Å². The van der Waals surface area contributed by atoms with Gasteiger partial charge in [-0.05, 0) is 19.1 Å². The van der Waals surface area contributed by atoms with Crippen molar-refractivity contribution in [1.82, 2.24) is 4.98 Å². The minimum atomic E-state index is -0.912. The SMILES string of the molecule is Cc1cccc(C(CC=O)CC(=O)O)n1. The normalized spacial score (nSPS) is 12.1. The van der Waals surface area contributed by atoms with Crippen molar-refractivity contribution in [3.8, 4) is 0 Å². The van der Waals surface area contributed by atoms with Gasteiger partial charge in [0.15, 0.2) is 0 Å². The maximum absolute atomic E-state index is 10.6. The van der Waals surface area contributed by atoms with E-state index in [9.17, 15) is 9.59 Å². The molecule has 0 saturated carbocycles. The van der Waals surface area contributed by atoms with Crippen LogP contribution in [-0.4, -0.2) is 22.3 Å². The highest BCUT2D eigenvalue weighted by atomic mass is 16.4. The smallest absolute Gasteiger partial charge is 0.304 e. The van der Waals surface area contributed by atoms with Gasteiger partial charge in [-0.15, -0.1) is 0 Å². The maximum atomic E-state index is 10.6. The van der Waals surface area contributed by atoms with Crippen molar-refractivity contribution in [2.75, 3.05) is 0 Å². The van der Waals surface area contributed by atoms with Crippen molar-refractivity contribution < 1.29 is 14.7 Å². The van der Waals surface area contributed by atoms with Crippen molar-refractivity contribution in [3.05, 3.63) is 29.6 Å². The van der Waals surface area contributed by atoms with Crippen LogP contribution in [0, 0.1) is 6.92 Å². The summed E-state index contributed by atoms with van der Waals surface area (Å²) in [6, 6.07) is 5.41. The molecule has 0 fully saturated rings. The molecular formula is C11H13NO3. The number of pyridine rings is 1. The van der Waals surface area contributed by atoms with Crippen LogP contribution in [-0.2, 0) is 9.59 Å². The largest absolute Gasteiger partial charge is 0.481 e. The summed E-state index contributed by atoms with van der Waals surface area (Å²) in [5.41, 5.74) is 1.50. The summed E-state index contributed by atoms with van der Waals surface area (Å²) >= 11 is 0. The maximum Gasteiger partial charge on any atom is 0.304 e. The van der Waals surface area contributed by atoms with E-state index in [1.165, 1.54) is 0 Å². The molecule has 0 radical (unpaired) electrons. The molecule has 4 nitrogen and oxygen atoms in total. The number of aromatic nitrogens is 1. The summed E-state index contributed by atoms with van der Waals surface area (Å²) in [7, 11) is 0. The van der Waals surface area contributed by atoms with Crippen molar-refractivity contribution >= 4 is 12.3 Å². The van der Waals surface area contributed by atoms with Gasteiger partial charge in [0, 0.05) is 23.7 Å². The zero-order valence-electron chi connectivity index (χ0n) is 8.51. The minimum Gasteiger partial charge on any atom is -0.481 e. The summed E-state index contributed by atoms with van der Waals surface area (Å²) in [4.78, 5) is 25.3. The van der Waals surface area contributed by atoms with Crippen LogP contribution < -0.4 is 0 Å². The Balaban J connectivity index is 2.87. The van der Waals surface area contributed by atoms with E-state index in [2.05, 4.69) is 4.98 Å². The summed E-state index contributed by atoms with van der Waals surface area (Å²) in [6.07, 6.45) is 0.871. The fraction of sp³-hybridized carbons (Fsp3) is 0.364. The van der Waals surface area contributed by atoms with Crippen LogP contribution in [0.5, 0.6) is 0 Å². The molecule has 0 aliphatic carbocycles. The fourth-order valence-electron chi connectivity index (χ4n) is 1.43. The van der Waals surface area contributed by atoms with E-state index in [0.717, 1.165) is 12.0 Å². The monoisotopic (exact) mass is 207 g/mol. The van der Waals surface area contributed by atoms with Crippen LogP contribution in [0.2, 0.25) is 0 Å². The zero-order chi connectivity index (χ0) is 11.3. The molecule has 0 bridgehead atoms. The Morgan fingerprint density at radius 2 is 2.33 bits per heavy atom. The van der Waals surface area contributed by atoms with Crippen LogP contribution in [0.15, 0.2) is 18.2 Å². The number of carbonyl (C=O) groups excluding carboxylic acids is 1. The van der Waals surface area contributed by atoms with Crippen molar-refractivity contribution in [1.29, 1.82) is 0 Å². The molecule has 1 aromatic rings. The molecule has 0 spiro atoms. The molecule has 0 aliphatic heterocycles. The molecule has 1 heterocycles. The average molecular weight is 207 g/mol. The molecule has 1 aromatic heterocycles. The lowest BCUT2D eigenvalue weighted by Gasteiger charge is -2.11. The molecule has 15 heavy (non-hydrogen) atoms. The Kier molecular flexibility index (Phi) is 3.97. The predicted octanol–water partition coefficient (Wildman–Crippen LogP) is 1.54. The fourth-order valence-corrected chi connectivity index (χ4v) is 1.43. The van der Waals surface area contributed by atoms with E-state index >= 15 is 0 Å². The molecule has 4 heteroatoms. The molecular weight excluding hydrogens is 194 g/mol. The van der Waals surface area contributed by atoms with Gasteiger partial charge in [0.2, 0.25) is 0 Å². The van der Waals surface area contributed by atoms with E-state index in [0.29, 0.717) is 5.69 Å². The lowest BCUT2D eigenvalue weighted by molar-refractivity contribution is -0.137. The first-order chi connectivity index (χ1) is 7.13. The third-order valence-corrected chi connectivity index (χ3v) is 2.13. The first-order valence-corrected chi connectivity index (χ1v) is 4.72. The van der Waals surface area contributed by atoms with E-state index in [-0.39, 0.29) is 18.8 Å². The van der Waals surface area contributed by atoms with E-state index in [1.807, 2.05) is 19.1 Å². The number of hydrogen-bond acceptors (Lipinski definition) is 3. The van der Waals surface area contributed by atoms with Gasteiger partial charge in [-0.25, -0.2) is 0 Å². The number of carboxylic acids is 1. The molecule has 80 valence electrons. The highest BCUT2D eigenvalue weighted by molar-refractivity contribution is 5.68. The molecule has 0 aliphatic rings. The van der Waals surface area contributed by atoms with Gasteiger partial charge >= 0.3 is 5.97 Å². The van der Waals surface area contributed by atoms with Gasteiger partial charge in [0.25, 0.3) is 0 Å². The van der Waals surface area contributed by atoms with Crippen molar-refractivity contribution in [3.63, 3.8) is 0 Å². The molecule has 0 aromatic carbocycles. The molecule has 0 saturated heterocycles. The number of nitrogens with zero attached hydrogens (tertiary/aromatic N) is 1. The van der Waals surface area contributed by atoms with E-state index < -0.39 is 5.97 Å². The average Bonchev–Trinajstić information content (AvgIpc) is 2.16. The highest BCUT2D eigenvalue weighted by Crippen LogP contribution is 2.20. The predicted molar refractivity (Wildman–Crippen MR) is 54.6 cm³/mol. The van der Waals surface area contributed by atoms with Crippen LogP contribution >= 0.6 is 0 Å².